The summed E-state index contributed by atoms with van der Waals surface area (Å²) in [5.41, 5.74) is 0. The molecular formula is C6H11KO4S. The van der Waals surface area contributed by atoms with Crippen LogP contribution in [0.15, 0.2) is 12.7 Å². The van der Waals surface area contributed by atoms with Gasteiger partial charge in [-0.1, -0.05) is 13.5 Å². The summed E-state index contributed by atoms with van der Waals surface area (Å²) in [6.45, 7) is 4.75. The van der Waals surface area contributed by atoms with E-state index in [9.17, 15) is 13.2 Å². The zero-order valence-corrected chi connectivity index (χ0v) is 7.06. The van der Waals surface area contributed by atoms with Crippen LogP contribution in [0.3, 0.4) is 0 Å². The van der Waals surface area contributed by atoms with Gasteiger partial charge in [0.2, 0.25) is 0 Å². The van der Waals surface area contributed by atoms with E-state index in [-0.39, 0.29) is 57.1 Å². The van der Waals surface area contributed by atoms with Gasteiger partial charge in [0.15, 0.2) is 0 Å². The van der Waals surface area contributed by atoms with E-state index in [2.05, 4.69) is 10.8 Å². The van der Waals surface area contributed by atoms with E-state index in [1.54, 1.807) is 6.92 Å². The van der Waals surface area contributed by atoms with Crippen molar-refractivity contribution >= 4 is 67.5 Å². The summed E-state index contributed by atoms with van der Waals surface area (Å²) in [4.78, 5) is 10.4. The molecule has 0 aliphatic heterocycles. The van der Waals surface area contributed by atoms with Gasteiger partial charge >= 0.3 is 67.5 Å². The molecule has 0 aromatic rings. The number of carbonyl (C=O) groups excluding carboxylic acids is 1. The summed E-state index contributed by atoms with van der Waals surface area (Å²) in [5, 5.41) is 0. The van der Waals surface area contributed by atoms with Gasteiger partial charge in [0, 0.05) is 6.08 Å². The number of hydrogen-bond donors (Lipinski definition) is 0. The van der Waals surface area contributed by atoms with Gasteiger partial charge in [0.05, 0.1) is 5.75 Å². The van der Waals surface area contributed by atoms with E-state index in [4.69, 9.17) is 0 Å². The molecule has 0 saturated heterocycles. The normalized spacial score (nSPS) is 9.75. The van der Waals surface area contributed by atoms with Crippen LogP contribution in [0.5, 0.6) is 0 Å². The van der Waals surface area contributed by atoms with E-state index < -0.39 is 16.1 Å². The summed E-state index contributed by atoms with van der Waals surface area (Å²) >= 11 is 0. The molecule has 0 aliphatic rings. The predicted molar refractivity (Wildman–Crippen MR) is 47.5 cm³/mol. The molecule has 0 rings (SSSR count). The first-order valence-corrected chi connectivity index (χ1v) is 4.68. The predicted octanol–water partition coefficient (Wildman–Crippen LogP) is -0.193. The van der Waals surface area contributed by atoms with Crippen LogP contribution in [0.25, 0.3) is 0 Å². The SMILES string of the molecule is C=CC(=O)OS(=O)(=O)CCC.[KH]. The Labute approximate surface area is 115 Å². The molecule has 0 saturated carbocycles. The van der Waals surface area contributed by atoms with Gasteiger partial charge in [0.25, 0.3) is 0 Å². The van der Waals surface area contributed by atoms with Gasteiger partial charge < -0.3 is 4.18 Å². The first-order valence-electron chi connectivity index (χ1n) is 3.10. The van der Waals surface area contributed by atoms with Crippen molar-refractivity contribution in [2.24, 2.45) is 0 Å². The van der Waals surface area contributed by atoms with E-state index >= 15 is 0 Å². The maximum atomic E-state index is 10.7. The second kappa shape index (κ2) is 7.22. The average molecular weight is 218 g/mol. The van der Waals surface area contributed by atoms with Crippen molar-refractivity contribution in [3.63, 3.8) is 0 Å². The summed E-state index contributed by atoms with van der Waals surface area (Å²) < 4.78 is 25.5. The van der Waals surface area contributed by atoms with Gasteiger partial charge in [-0.3, -0.25) is 0 Å². The quantitative estimate of drug-likeness (QED) is 0.373. The van der Waals surface area contributed by atoms with Crippen LogP contribution in [-0.4, -0.2) is 71.5 Å². The molecule has 0 fully saturated rings. The molecule has 4 nitrogen and oxygen atoms in total. The summed E-state index contributed by atoms with van der Waals surface area (Å²) in [6, 6.07) is 0. The second-order valence-electron chi connectivity index (χ2n) is 1.87. The number of hydrogen-bond acceptors (Lipinski definition) is 4. The van der Waals surface area contributed by atoms with Crippen LogP contribution in [-0.2, 0) is 19.1 Å². The monoisotopic (exact) mass is 218 g/mol. The van der Waals surface area contributed by atoms with Crippen LogP contribution in [0, 0.1) is 0 Å². The van der Waals surface area contributed by atoms with Crippen molar-refractivity contribution in [3.05, 3.63) is 12.7 Å². The van der Waals surface area contributed by atoms with Crippen molar-refractivity contribution in [2.75, 3.05) is 5.75 Å². The Morgan fingerprint density at radius 3 is 2.42 bits per heavy atom. The molecule has 0 aromatic carbocycles. The Balaban J connectivity index is 0. The first-order chi connectivity index (χ1) is 5.02. The van der Waals surface area contributed by atoms with Gasteiger partial charge in [-0.25, -0.2) is 4.79 Å². The Morgan fingerprint density at radius 2 is 2.08 bits per heavy atom. The van der Waals surface area contributed by atoms with Gasteiger partial charge in [-0.05, 0) is 6.42 Å². The molecule has 12 heavy (non-hydrogen) atoms. The van der Waals surface area contributed by atoms with E-state index in [0.717, 1.165) is 6.08 Å². The minimum atomic E-state index is -3.66. The molecule has 0 atom stereocenters. The van der Waals surface area contributed by atoms with Gasteiger partial charge in [0.1, 0.15) is 0 Å². The molecule has 6 heteroatoms. The molecule has 0 amide bonds. The summed E-state index contributed by atoms with van der Waals surface area (Å²) in [7, 11) is -3.66. The molecule has 0 aliphatic carbocycles. The molecule has 0 heterocycles. The van der Waals surface area contributed by atoms with Gasteiger partial charge in [-0.2, -0.15) is 8.42 Å². The number of rotatable bonds is 4. The van der Waals surface area contributed by atoms with Crippen LogP contribution < -0.4 is 0 Å². The maximum absolute atomic E-state index is 10.7. The molecular weight excluding hydrogens is 207 g/mol. The van der Waals surface area contributed by atoms with Crippen LogP contribution >= 0.6 is 0 Å². The molecule has 0 N–H and O–H groups in total. The third-order valence-corrected chi connectivity index (χ3v) is 2.16. The Kier molecular flexibility index (Phi) is 9.20. The molecule has 66 valence electrons. The van der Waals surface area contributed by atoms with Crippen molar-refractivity contribution in [1.82, 2.24) is 0 Å². The number of carbonyl (C=O) groups is 1. The fourth-order valence-corrected chi connectivity index (χ4v) is 1.35. The minimum absolute atomic E-state index is 0. The first kappa shape index (κ1) is 15.3. The van der Waals surface area contributed by atoms with Gasteiger partial charge in [-0.15, -0.1) is 0 Å². The zero-order valence-electron chi connectivity index (χ0n) is 6.24. The van der Waals surface area contributed by atoms with Crippen molar-refractivity contribution < 1.29 is 17.4 Å². The summed E-state index contributed by atoms with van der Waals surface area (Å²) in [6.07, 6.45) is 1.24. The van der Waals surface area contributed by atoms with Crippen LogP contribution in [0.2, 0.25) is 0 Å². The topological polar surface area (TPSA) is 60.4 Å². The Hall–Kier alpha value is 0.796. The fraction of sp³-hybridized carbons (Fsp3) is 0.500. The average Bonchev–Trinajstić information content (AvgIpc) is 1.86. The van der Waals surface area contributed by atoms with E-state index in [1.165, 1.54) is 0 Å². The molecule has 0 bridgehead atoms. The second-order valence-corrected chi connectivity index (χ2v) is 3.56. The fourth-order valence-electron chi connectivity index (χ4n) is 0.451. The third kappa shape index (κ3) is 7.45. The summed E-state index contributed by atoms with van der Waals surface area (Å²) in [5.74, 6) is -1.08. The zero-order chi connectivity index (χ0) is 8.91. The van der Waals surface area contributed by atoms with E-state index in [0.29, 0.717) is 6.42 Å². The Bertz CT molecular complexity index is 244. The van der Waals surface area contributed by atoms with Crippen molar-refractivity contribution in [2.45, 2.75) is 13.3 Å². The van der Waals surface area contributed by atoms with Crippen molar-refractivity contribution in [1.29, 1.82) is 0 Å². The van der Waals surface area contributed by atoms with E-state index in [1.807, 2.05) is 0 Å². The molecule has 0 spiro atoms. The van der Waals surface area contributed by atoms with Crippen LogP contribution in [0.1, 0.15) is 13.3 Å². The van der Waals surface area contributed by atoms with Crippen LogP contribution in [0.4, 0.5) is 0 Å². The molecule has 0 radical (unpaired) electrons. The standard InChI is InChI=1S/C6H10O4S.K.H/c1-3-5-11(8,9)10-6(7)4-2;;/h4H,2-3,5H2,1H3;;. The molecule has 0 aromatic heterocycles. The third-order valence-electron chi connectivity index (χ3n) is 0.830. The molecule has 0 unspecified atom stereocenters. The Morgan fingerprint density at radius 1 is 1.58 bits per heavy atom. The van der Waals surface area contributed by atoms with Crippen molar-refractivity contribution in [3.8, 4) is 0 Å².